The molecule has 142 valence electrons. The molecule has 3 aromatic rings. The van der Waals surface area contributed by atoms with Crippen molar-refractivity contribution in [1.82, 2.24) is 0 Å². The fourth-order valence-electron chi connectivity index (χ4n) is 2.84. The average molecular weight is 372 g/mol. The molecule has 3 rings (SSSR count). The Bertz CT molecular complexity index is 901. The second-order valence-corrected chi connectivity index (χ2v) is 6.53. The highest BCUT2D eigenvalue weighted by molar-refractivity contribution is 5.89. The molecule has 0 aliphatic rings. The zero-order chi connectivity index (χ0) is 19.6. The molecule has 0 radical (unpaired) electrons. The van der Waals surface area contributed by atoms with Crippen molar-refractivity contribution in [3.63, 3.8) is 0 Å². The van der Waals surface area contributed by atoms with Crippen LogP contribution in [0.15, 0.2) is 97.1 Å². The summed E-state index contributed by atoms with van der Waals surface area (Å²) in [6, 6.07) is 27.0. The number of aryl methyl sites for hydroxylation is 1. The second-order valence-electron chi connectivity index (χ2n) is 6.53. The Balaban J connectivity index is 1.61. The predicted molar refractivity (Wildman–Crippen MR) is 111 cm³/mol. The number of esters is 1. The fourth-order valence-corrected chi connectivity index (χ4v) is 2.84. The summed E-state index contributed by atoms with van der Waals surface area (Å²) in [4.78, 5) is 12.4. The lowest BCUT2D eigenvalue weighted by Crippen LogP contribution is -2.10. The second kappa shape index (κ2) is 10.2. The largest absolute Gasteiger partial charge is 0.450 e. The van der Waals surface area contributed by atoms with Crippen LogP contribution in [0.3, 0.4) is 0 Å². The third-order valence-corrected chi connectivity index (χ3v) is 4.25. The number of hydrogen-bond donors (Lipinski definition) is 0. The maximum absolute atomic E-state index is 12.4. The van der Waals surface area contributed by atoms with Gasteiger partial charge < -0.3 is 9.47 Å². The molecule has 3 nitrogen and oxygen atoms in total. The first-order valence-electron chi connectivity index (χ1n) is 9.33. The zero-order valence-electron chi connectivity index (χ0n) is 16.0. The van der Waals surface area contributed by atoms with E-state index in [9.17, 15) is 4.79 Å². The molecule has 0 saturated heterocycles. The molecule has 0 saturated carbocycles. The smallest absolute Gasteiger partial charge is 0.339 e. The van der Waals surface area contributed by atoms with Crippen molar-refractivity contribution in [1.29, 1.82) is 0 Å². The quantitative estimate of drug-likeness (QED) is 0.290. The molecule has 0 fully saturated rings. The Morgan fingerprint density at radius 2 is 1.64 bits per heavy atom. The van der Waals surface area contributed by atoms with Crippen LogP contribution < -0.4 is 0 Å². The number of hydrogen-bond acceptors (Lipinski definition) is 3. The summed E-state index contributed by atoms with van der Waals surface area (Å²) < 4.78 is 11.4. The average Bonchev–Trinajstić information content (AvgIpc) is 2.74. The van der Waals surface area contributed by atoms with Gasteiger partial charge in [-0.15, -0.1) is 0 Å². The Morgan fingerprint density at radius 3 is 2.36 bits per heavy atom. The summed E-state index contributed by atoms with van der Waals surface area (Å²) in [7, 11) is 0. The van der Waals surface area contributed by atoms with Crippen LogP contribution in [0.4, 0.5) is 0 Å². The van der Waals surface area contributed by atoms with Gasteiger partial charge in [-0.25, -0.2) is 4.79 Å². The van der Waals surface area contributed by atoms with Gasteiger partial charge in [0.1, 0.15) is 6.10 Å². The number of benzene rings is 3. The molecule has 0 spiro atoms. The summed E-state index contributed by atoms with van der Waals surface area (Å²) in [5.41, 5.74) is 3.81. The van der Waals surface area contributed by atoms with E-state index in [0.717, 1.165) is 11.1 Å². The van der Waals surface area contributed by atoms with E-state index in [4.69, 9.17) is 9.47 Å². The van der Waals surface area contributed by atoms with Crippen LogP contribution >= 0.6 is 0 Å². The first kappa shape index (κ1) is 19.6. The lowest BCUT2D eigenvalue weighted by Gasteiger charge is -2.15. The van der Waals surface area contributed by atoms with Gasteiger partial charge in [0.05, 0.1) is 18.8 Å². The van der Waals surface area contributed by atoms with Crippen LogP contribution in [0, 0.1) is 6.92 Å². The molecule has 0 bridgehead atoms. The minimum Gasteiger partial charge on any atom is -0.450 e. The van der Waals surface area contributed by atoms with Gasteiger partial charge in [0.2, 0.25) is 0 Å². The van der Waals surface area contributed by atoms with E-state index in [-0.39, 0.29) is 5.97 Å². The molecule has 3 aromatic carbocycles. The monoisotopic (exact) mass is 372 g/mol. The van der Waals surface area contributed by atoms with Crippen LogP contribution in [0.2, 0.25) is 0 Å². The molecule has 3 heteroatoms. The lowest BCUT2D eigenvalue weighted by atomic mass is 10.1. The molecule has 0 amide bonds. The van der Waals surface area contributed by atoms with Crippen LogP contribution in [-0.4, -0.2) is 12.6 Å². The predicted octanol–water partition coefficient (Wildman–Crippen LogP) is 5.67. The molecule has 1 atom stereocenters. The highest BCUT2D eigenvalue weighted by atomic mass is 16.5. The van der Waals surface area contributed by atoms with Crippen LogP contribution in [-0.2, 0) is 16.1 Å². The summed E-state index contributed by atoms with van der Waals surface area (Å²) in [6.07, 6.45) is 3.30. The standard InChI is InChI=1S/C25H24O3/c1-20-10-8-11-21(18-20)19-27-17-9-16-24(22-12-4-2-5-13-22)28-25(26)23-14-6-3-7-15-23/h2-16,18,24H,17,19H2,1H3/b16-9+. The zero-order valence-corrected chi connectivity index (χ0v) is 16.0. The number of carbonyl (C=O) groups is 1. The molecular formula is C25H24O3. The molecule has 1 unspecified atom stereocenters. The SMILES string of the molecule is Cc1cccc(COC/C=C/C(OC(=O)c2ccccc2)c2ccccc2)c1. The normalized spacial score (nSPS) is 12.0. The van der Waals surface area contributed by atoms with Crippen LogP contribution in [0.5, 0.6) is 0 Å². The molecule has 0 heterocycles. The Labute approximate surface area is 166 Å². The van der Waals surface area contributed by atoms with E-state index in [0.29, 0.717) is 18.8 Å². The van der Waals surface area contributed by atoms with Crippen molar-refractivity contribution in [2.75, 3.05) is 6.61 Å². The minimum absolute atomic E-state index is 0.347. The minimum atomic E-state index is -0.462. The van der Waals surface area contributed by atoms with Gasteiger partial charge in [-0.05, 0) is 36.3 Å². The third-order valence-electron chi connectivity index (χ3n) is 4.25. The molecule has 0 N–H and O–H groups in total. The van der Waals surface area contributed by atoms with Gasteiger partial charge in [-0.2, -0.15) is 0 Å². The van der Waals surface area contributed by atoms with Crippen LogP contribution in [0.1, 0.15) is 33.2 Å². The Kier molecular flexibility index (Phi) is 7.16. The summed E-state index contributed by atoms with van der Waals surface area (Å²) >= 11 is 0. The van der Waals surface area contributed by atoms with Crippen molar-refractivity contribution in [2.45, 2.75) is 19.6 Å². The van der Waals surface area contributed by atoms with E-state index < -0.39 is 6.10 Å². The Hall–Kier alpha value is -3.17. The van der Waals surface area contributed by atoms with Crippen molar-refractivity contribution in [3.8, 4) is 0 Å². The maximum atomic E-state index is 12.4. The first-order chi connectivity index (χ1) is 13.7. The van der Waals surface area contributed by atoms with Crippen molar-refractivity contribution < 1.29 is 14.3 Å². The van der Waals surface area contributed by atoms with Gasteiger partial charge in [-0.1, -0.05) is 84.4 Å². The van der Waals surface area contributed by atoms with Gasteiger partial charge in [0, 0.05) is 0 Å². The fraction of sp³-hybridized carbons (Fsp3) is 0.160. The molecular weight excluding hydrogens is 348 g/mol. The highest BCUT2D eigenvalue weighted by Crippen LogP contribution is 2.20. The number of rotatable bonds is 8. The van der Waals surface area contributed by atoms with E-state index >= 15 is 0 Å². The van der Waals surface area contributed by atoms with E-state index in [1.54, 1.807) is 12.1 Å². The third kappa shape index (κ3) is 5.93. The first-order valence-corrected chi connectivity index (χ1v) is 9.33. The van der Waals surface area contributed by atoms with E-state index in [1.807, 2.05) is 72.8 Å². The van der Waals surface area contributed by atoms with Crippen LogP contribution in [0.25, 0.3) is 0 Å². The molecule has 28 heavy (non-hydrogen) atoms. The van der Waals surface area contributed by atoms with Gasteiger partial charge in [0.15, 0.2) is 0 Å². The molecule has 0 aromatic heterocycles. The van der Waals surface area contributed by atoms with Gasteiger partial charge in [0.25, 0.3) is 0 Å². The summed E-state index contributed by atoms with van der Waals surface area (Å²) in [5, 5.41) is 0. The number of carbonyl (C=O) groups excluding carboxylic acids is 1. The van der Waals surface area contributed by atoms with E-state index in [2.05, 4.69) is 19.1 Å². The summed E-state index contributed by atoms with van der Waals surface area (Å²) in [5.74, 6) is -0.347. The maximum Gasteiger partial charge on any atom is 0.339 e. The Morgan fingerprint density at radius 1 is 0.929 bits per heavy atom. The topological polar surface area (TPSA) is 35.5 Å². The van der Waals surface area contributed by atoms with Gasteiger partial charge in [-0.3, -0.25) is 0 Å². The van der Waals surface area contributed by atoms with Crippen molar-refractivity contribution >= 4 is 5.97 Å². The van der Waals surface area contributed by atoms with Crippen molar-refractivity contribution in [3.05, 3.63) is 119 Å². The molecule has 0 aliphatic heterocycles. The summed E-state index contributed by atoms with van der Waals surface area (Å²) in [6.45, 7) is 3.06. The molecule has 0 aliphatic carbocycles. The van der Waals surface area contributed by atoms with Crippen molar-refractivity contribution in [2.24, 2.45) is 0 Å². The van der Waals surface area contributed by atoms with Gasteiger partial charge >= 0.3 is 5.97 Å². The number of ether oxygens (including phenoxy) is 2. The van der Waals surface area contributed by atoms with E-state index in [1.165, 1.54) is 5.56 Å². The highest BCUT2D eigenvalue weighted by Gasteiger charge is 2.15. The lowest BCUT2D eigenvalue weighted by molar-refractivity contribution is 0.0389.